The van der Waals surface area contributed by atoms with Gasteiger partial charge in [0.1, 0.15) is 0 Å². The maximum absolute atomic E-state index is 10.7. The fourth-order valence-electron chi connectivity index (χ4n) is 1.54. The molecule has 0 heterocycles. The van der Waals surface area contributed by atoms with E-state index in [4.69, 9.17) is 10.2 Å². The maximum atomic E-state index is 10.7. The number of hydrogen-bond acceptors (Lipinski definition) is 4. The molecule has 0 aromatic heterocycles. The number of carboxylic acids is 2. The molecular weight excluding hydrogens is 260 g/mol. The van der Waals surface area contributed by atoms with Crippen LogP contribution in [-0.2, 0) is 0 Å². The first-order valence-corrected chi connectivity index (χ1v) is 5.75. The minimum Gasteiger partial charge on any atom is -0.478 e. The highest BCUT2D eigenvalue weighted by Gasteiger charge is 2.02. The van der Waals surface area contributed by atoms with Crippen molar-refractivity contribution in [3.8, 4) is 0 Å². The van der Waals surface area contributed by atoms with Crippen LogP contribution < -0.4 is 10.9 Å². The van der Waals surface area contributed by atoms with Crippen molar-refractivity contribution in [1.29, 1.82) is 0 Å². The summed E-state index contributed by atoms with van der Waals surface area (Å²) in [6.45, 7) is 0. The Balaban J connectivity index is 1.97. The predicted octanol–water partition coefficient (Wildman–Crippen LogP) is 2.52. The lowest BCUT2D eigenvalue weighted by Crippen LogP contribution is -2.09. The molecule has 102 valence electrons. The van der Waals surface area contributed by atoms with Crippen molar-refractivity contribution in [2.75, 3.05) is 10.9 Å². The van der Waals surface area contributed by atoms with Gasteiger partial charge in [0.05, 0.1) is 22.5 Å². The Morgan fingerprint density at radius 2 is 0.950 bits per heavy atom. The van der Waals surface area contributed by atoms with Crippen molar-refractivity contribution in [1.82, 2.24) is 0 Å². The first-order chi connectivity index (χ1) is 9.56. The van der Waals surface area contributed by atoms with Crippen LogP contribution in [-0.4, -0.2) is 22.2 Å². The highest BCUT2D eigenvalue weighted by Crippen LogP contribution is 2.13. The maximum Gasteiger partial charge on any atom is 0.335 e. The zero-order chi connectivity index (χ0) is 14.5. The average Bonchev–Trinajstić information content (AvgIpc) is 2.46. The zero-order valence-electron chi connectivity index (χ0n) is 10.3. The molecule has 0 aliphatic carbocycles. The molecule has 0 aliphatic rings. The molecule has 4 N–H and O–H groups in total. The van der Waals surface area contributed by atoms with Crippen LogP contribution in [0.4, 0.5) is 11.4 Å². The summed E-state index contributed by atoms with van der Waals surface area (Å²) in [5.41, 5.74) is 7.57. The van der Waals surface area contributed by atoms with E-state index < -0.39 is 11.9 Å². The van der Waals surface area contributed by atoms with Gasteiger partial charge in [-0.15, -0.1) is 0 Å². The molecule has 0 saturated carbocycles. The van der Waals surface area contributed by atoms with Crippen molar-refractivity contribution < 1.29 is 19.8 Å². The first kappa shape index (κ1) is 13.4. The number of benzene rings is 2. The second kappa shape index (κ2) is 5.75. The standard InChI is InChI=1S/C14H12N2O4/c17-13(18)9-1-5-11(6-2-9)15-16-12-7-3-10(4-8-12)14(19)20/h1-8,15-16H,(H,17,18)(H,19,20). The highest BCUT2D eigenvalue weighted by molar-refractivity contribution is 5.88. The normalized spacial score (nSPS) is 9.80. The molecule has 0 saturated heterocycles. The van der Waals surface area contributed by atoms with E-state index in [-0.39, 0.29) is 11.1 Å². The number of hydrazine groups is 1. The molecule has 6 nitrogen and oxygen atoms in total. The van der Waals surface area contributed by atoms with Gasteiger partial charge in [-0.1, -0.05) is 0 Å². The molecule has 0 spiro atoms. The van der Waals surface area contributed by atoms with Crippen molar-refractivity contribution in [3.63, 3.8) is 0 Å². The Kier molecular flexibility index (Phi) is 3.85. The van der Waals surface area contributed by atoms with Crippen LogP contribution in [0.1, 0.15) is 20.7 Å². The van der Waals surface area contributed by atoms with E-state index in [1.807, 2.05) is 0 Å². The summed E-state index contributed by atoms with van der Waals surface area (Å²) in [7, 11) is 0. The van der Waals surface area contributed by atoms with E-state index in [1.165, 1.54) is 24.3 Å². The van der Waals surface area contributed by atoms with E-state index in [1.54, 1.807) is 24.3 Å². The van der Waals surface area contributed by atoms with Gasteiger partial charge in [-0.2, -0.15) is 0 Å². The number of carboxylic acid groups (broad SMARTS) is 2. The molecule has 0 fully saturated rings. The van der Waals surface area contributed by atoms with Gasteiger partial charge >= 0.3 is 11.9 Å². The van der Waals surface area contributed by atoms with Crippen LogP contribution in [0.15, 0.2) is 48.5 Å². The molecule has 2 aromatic rings. The second-order valence-electron chi connectivity index (χ2n) is 4.02. The summed E-state index contributed by atoms with van der Waals surface area (Å²) in [5.74, 6) is -1.96. The third-order valence-corrected chi connectivity index (χ3v) is 2.61. The van der Waals surface area contributed by atoms with Crippen molar-refractivity contribution in [3.05, 3.63) is 59.7 Å². The minimum atomic E-state index is -0.978. The quantitative estimate of drug-likeness (QED) is 0.624. The number of aromatic carboxylic acids is 2. The molecule has 2 rings (SSSR count). The number of carbonyl (C=O) groups is 2. The topological polar surface area (TPSA) is 98.7 Å². The van der Waals surface area contributed by atoms with Gasteiger partial charge in [0.15, 0.2) is 0 Å². The summed E-state index contributed by atoms with van der Waals surface area (Å²) in [6, 6.07) is 12.5. The Hall–Kier alpha value is -3.02. The lowest BCUT2D eigenvalue weighted by molar-refractivity contribution is 0.0686. The van der Waals surface area contributed by atoms with E-state index in [0.29, 0.717) is 11.4 Å². The number of anilines is 2. The second-order valence-corrected chi connectivity index (χ2v) is 4.02. The molecule has 0 unspecified atom stereocenters. The number of nitrogens with one attached hydrogen (secondary N) is 2. The SMILES string of the molecule is O=C(O)c1ccc(NNc2ccc(C(=O)O)cc2)cc1. The van der Waals surface area contributed by atoms with Gasteiger partial charge in [-0.3, -0.25) is 0 Å². The van der Waals surface area contributed by atoms with Crippen molar-refractivity contribution in [2.24, 2.45) is 0 Å². The molecule has 2 aromatic carbocycles. The smallest absolute Gasteiger partial charge is 0.335 e. The lowest BCUT2D eigenvalue weighted by atomic mass is 10.2. The molecule has 6 heteroatoms. The monoisotopic (exact) mass is 272 g/mol. The Labute approximate surface area is 114 Å². The van der Waals surface area contributed by atoms with Gasteiger partial charge in [-0.05, 0) is 48.5 Å². The van der Waals surface area contributed by atoms with Crippen LogP contribution in [0.2, 0.25) is 0 Å². The van der Waals surface area contributed by atoms with Gasteiger partial charge < -0.3 is 21.1 Å². The van der Waals surface area contributed by atoms with Crippen LogP contribution >= 0.6 is 0 Å². The minimum absolute atomic E-state index is 0.210. The van der Waals surface area contributed by atoms with Crippen molar-refractivity contribution in [2.45, 2.75) is 0 Å². The Morgan fingerprint density at radius 3 is 1.20 bits per heavy atom. The largest absolute Gasteiger partial charge is 0.478 e. The van der Waals surface area contributed by atoms with E-state index in [2.05, 4.69) is 10.9 Å². The van der Waals surface area contributed by atoms with E-state index in [9.17, 15) is 9.59 Å². The Morgan fingerprint density at radius 1 is 0.650 bits per heavy atom. The van der Waals surface area contributed by atoms with E-state index in [0.717, 1.165) is 0 Å². The third-order valence-electron chi connectivity index (χ3n) is 2.61. The molecule has 20 heavy (non-hydrogen) atoms. The van der Waals surface area contributed by atoms with Gasteiger partial charge in [0, 0.05) is 0 Å². The van der Waals surface area contributed by atoms with Crippen LogP contribution in [0.25, 0.3) is 0 Å². The molecule has 0 aliphatic heterocycles. The number of rotatable bonds is 5. The zero-order valence-corrected chi connectivity index (χ0v) is 10.3. The Bertz CT molecular complexity index is 563. The predicted molar refractivity (Wildman–Crippen MR) is 74.0 cm³/mol. The van der Waals surface area contributed by atoms with Crippen LogP contribution in [0.5, 0.6) is 0 Å². The molecule has 0 radical (unpaired) electrons. The first-order valence-electron chi connectivity index (χ1n) is 5.75. The molecule has 0 atom stereocenters. The highest BCUT2D eigenvalue weighted by atomic mass is 16.4. The summed E-state index contributed by atoms with van der Waals surface area (Å²) in [4.78, 5) is 21.4. The van der Waals surface area contributed by atoms with Gasteiger partial charge in [0.2, 0.25) is 0 Å². The lowest BCUT2D eigenvalue weighted by Gasteiger charge is -2.10. The van der Waals surface area contributed by atoms with Crippen LogP contribution in [0, 0.1) is 0 Å². The third kappa shape index (κ3) is 3.26. The molecule has 0 amide bonds. The summed E-state index contributed by atoms with van der Waals surface area (Å²) < 4.78 is 0. The van der Waals surface area contributed by atoms with Gasteiger partial charge in [-0.25, -0.2) is 9.59 Å². The summed E-state index contributed by atoms with van der Waals surface area (Å²) >= 11 is 0. The van der Waals surface area contributed by atoms with E-state index >= 15 is 0 Å². The summed E-state index contributed by atoms with van der Waals surface area (Å²) in [6.07, 6.45) is 0. The van der Waals surface area contributed by atoms with Crippen molar-refractivity contribution >= 4 is 23.3 Å². The fraction of sp³-hybridized carbons (Fsp3) is 0. The molecule has 0 bridgehead atoms. The summed E-state index contributed by atoms with van der Waals surface area (Å²) in [5, 5.41) is 17.5. The fourth-order valence-corrected chi connectivity index (χ4v) is 1.54. The molecular formula is C14H12N2O4. The van der Waals surface area contributed by atoms with Gasteiger partial charge in [0.25, 0.3) is 0 Å². The van der Waals surface area contributed by atoms with Crippen LogP contribution in [0.3, 0.4) is 0 Å². The average molecular weight is 272 g/mol. The number of hydrogen-bond donors (Lipinski definition) is 4.